The fourth-order valence-electron chi connectivity index (χ4n) is 3.32. The highest BCUT2D eigenvalue weighted by Crippen LogP contribution is 2.37. The van der Waals surface area contributed by atoms with Crippen molar-refractivity contribution in [2.24, 2.45) is 0 Å². The molecule has 0 atom stereocenters. The van der Waals surface area contributed by atoms with Crippen molar-refractivity contribution in [1.82, 2.24) is 4.98 Å². The molecule has 0 saturated heterocycles. The maximum atomic E-state index is 11.5. The molecule has 0 aliphatic heterocycles. The second-order valence-corrected chi connectivity index (χ2v) is 5.75. The fraction of sp³-hybridized carbons (Fsp3) is 0.400. The minimum atomic E-state index is -0.980. The molecule has 22 heavy (non-hydrogen) atoms. The van der Waals surface area contributed by atoms with Crippen molar-refractivity contribution >= 4 is 16.5 Å². The first-order valence-corrected chi connectivity index (χ1v) is 7.19. The molecule has 1 fully saturated rings. The SMILES string of the molecule is O=[N+]([O-])c1cccc2c(CC3([N+](=O)[O-])CCCC3)nccc12. The summed E-state index contributed by atoms with van der Waals surface area (Å²) in [4.78, 5) is 26.3. The summed E-state index contributed by atoms with van der Waals surface area (Å²) >= 11 is 0. The van der Waals surface area contributed by atoms with Crippen molar-refractivity contribution in [3.05, 3.63) is 56.4 Å². The van der Waals surface area contributed by atoms with Gasteiger partial charge in [0.15, 0.2) is 0 Å². The zero-order valence-electron chi connectivity index (χ0n) is 11.9. The van der Waals surface area contributed by atoms with E-state index in [-0.39, 0.29) is 17.0 Å². The smallest absolute Gasteiger partial charge is 0.264 e. The van der Waals surface area contributed by atoms with Crippen molar-refractivity contribution in [2.75, 3.05) is 0 Å². The topological polar surface area (TPSA) is 99.2 Å². The van der Waals surface area contributed by atoms with E-state index in [9.17, 15) is 20.2 Å². The molecule has 3 rings (SSSR count). The average Bonchev–Trinajstić information content (AvgIpc) is 2.97. The molecule has 1 aromatic heterocycles. The summed E-state index contributed by atoms with van der Waals surface area (Å²) in [6, 6.07) is 6.36. The molecule has 1 aromatic carbocycles. The molecule has 1 saturated carbocycles. The lowest BCUT2D eigenvalue weighted by molar-refractivity contribution is -0.568. The summed E-state index contributed by atoms with van der Waals surface area (Å²) in [5, 5.41) is 23.7. The number of hydrogen-bond acceptors (Lipinski definition) is 5. The van der Waals surface area contributed by atoms with Gasteiger partial charge in [0, 0.05) is 35.4 Å². The van der Waals surface area contributed by atoms with Gasteiger partial charge in [-0.25, -0.2) is 0 Å². The maximum absolute atomic E-state index is 11.5. The van der Waals surface area contributed by atoms with E-state index in [1.807, 2.05) is 0 Å². The molecule has 1 aliphatic rings. The lowest BCUT2D eigenvalue weighted by Gasteiger charge is -2.20. The van der Waals surface area contributed by atoms with E-state index >= 15 is 0 Å². The van der Waals surface area contributed by atoms with Crippen LogP contribution in [-0.2, 0) is 6.42 Å². The van der Waals surface area contributed by atoms with Gasteiger partial charge in [-0.1, -0.05) is 12.1 Å². The Labute approximate surface area is 126 Å². The van der Waals surface area contributed by atoms with Crippen molar-refractivity contribution < 1.29 is 9.85 Å². The van der Waals surface area contributed by atoms with Gasteiger partial charge < -0.3 is 0 Å². The Morgan fingerprint density at radius 3 is 2.45 bits per heavy atom. The highest BCUT2D eigenvalue weighted by atomic mass is 16.6. The summed E-state index contributed by atoms with van der Waals surface area (Å²) < 4.78 is 0. The molecule has 7 heteroatoms. The third-order valence-electron chi connectivity index (χ3n) is 4.48. The number of nitro benzene ring substituents is 1. The molecular weight excluding hydrogens is 286 g/mol. The normalized spacial score (nSPS) is 16.7. The van der Waals surface area contributed by atoms with Crippen LogP contribution in [0.1, 0.15) is 31.4 Å². The molecule has 114 valence electrons. The second-order valence-electron chi connectivity index (χ2n) is 5.75. The van der Waals surface area contributed by atoms with Crippen molar-refractivity contribution in [3.8, 4) is 0 Å². The predicted molar refractivity (Wildman–Crippen MR) is 80.3 cm³/mol. The van der Waals surface area contributed by atoms with Gasteiger partial charge in [0.1, 0.15) is 0 Å². The number of hydrogen-bond donors (Lipinski definition) is 0. The van der Waals surface area contributed by atoms with E-state index in [2.05, 4.69) is 4.98 Å². The fourth-order valence-corrected chi connectivity index (χ4v) is 3.32. The third kappa shape index (κ3) is 2.28. The van der Waals surface area contributed by atoms with Crippen molar-refractivity contribution in [3.63, 3.8) is 0 Å². The molecule has 7 nitrogen and oxygen atoms in total. The van der Waals surface area contributed by atoms with E-state index in [0.717, 1.165) is 12.8 Å². The number of benzene rings is 1. The summed E-state index contributed by atoms with van der Waals surface area (Å²) in [5.74, 6) is 0. The zero-order chi connectivity index (χ0) is 15.7. The van der Waals surface area contributed by atoms with Gasteiger partial charge in [-0.15, -0.1) is 0 Å². The maximum Gasteiger partial charge on any atom is 0.277 e. The lowest BCUT2D eigenvalue weighted by Crippen LogP contribution is -2.37. The van der Waals surface area contributed by atoms with Crippen LogP contribution in [0.4, 0.5) is 5.69 Å². The first kappa shape index (κ1) is 14.4. The van der Waals surface area contributed by atoms with Gasteiger partial charge in [0.05, 0.1) is 22.4 Å². The van der Waals surface area contributed by atoms with Crippen molar-refractivity contribution in [2.45, 2.75) is 37.6 Å². The Hall–Kier alpha value is -2.57. The zero-order valence-corrected chi connectivity index (χ0v) is 11.9. The van der Waals surface area contributed by atoms with Gasteiger partial charge in [-0.05, 0) is 18.9 Å². The number of aromatic nitrogens is 1. The van der Waals surface area contributed by atoms with Crippen LogP contribution >= 0.6 is 0 Å². The lowest BCUT2D eigenvalue weighted by atomic mass is 9.90. The highest BCUT2D eigenvalue weighted by molar-refractivity contribution is 5.92. The van der Waals surface area contributed by atoms with Gasteiger partial charge in [-0.2, -0.15) is 0 Å². The quantitative estimate of drug-likeness (QED) is 0.637. The average molecular weight is 301 g/mol. The van der Waals surface area contributed by atoms with Crippen LogP contribution < -0.4 is 0 Å². The number of nitro groups is 2. The third-order valence-corrected chi connectivity index (χ3v) is 4.48. The van der Waals surface area contributed by atoms with E-state index in [1.54, 1.807) is 18.2 Å². The Morgan fingerprint density at radius 2 is 1.82 bits per heavy atom. The van der Waals surface area contributed by atoms with Crippen molar-refractivity contribution in [1.29, 1.82) is 0 Å². The summed E-state index contributed by atoms with van der Waals surface area (Å²) in [5.41, 5.74) is -0.408. The molecule has 0 amide bonds. The summed E-state index contributed by atoms with van der Waals surface area (Å²) in [7, 11) is 0. The summed E-state index contributed by atoms with van der Waals surface area (Å²) in [6.45, 7) is 0. The molecule has 2 aromatic rings. The van der Waals surface area contributed by atoms with E-state index in [4.69, 9.17) is 0 Å². The van der Waals surface area contributed by atoms with Gasteiger partial charge in [0.25, 0.3) is 5.69 Å². The largest absolute Gasteiger partial charge is 0.277 e. The Bertz CT molecular complexity index is 754. The highest BCUT2D eigenvalue weighted by Gasteiger charge is 2.46. The second kappa shape index (κ2) is 5.32. The first-order chi connectivity index (χ1) is 10.5. The number of non-ortho nitro benzene ring substituents is 1. The number of fused-ring (bicyclic) bond motifs is 1. The number of pyridine rings is 1. The van der Waals surface area contributed by atoms with Crippen LogP contribution in [0.25, 0.3) is 10.8 Å². The van der Waals surface area contributed by atoms with E-state index in [1.165, 1.54) is 12.3 Å². The molecule has 1 aliphatic carbocycles. The molecule has 0 bridgehead atoms. The molecular formula is C15H15N3O4. The molecule has 1 heterocycles. The predicted octanol–water partition coefficient (Wildman–Crippen LogP) is 3.28. The van der Waals surface area contributed by atoms with Crippen LogP contribution in [0.2, 0.25) is 0 Å². The monoisotopic (exact) mass is 301 g/mol. The number of rotatable bonds is 4. The van der Waals surface area contributed by atoms with Crippen LogP contribution in [0.5, 0.6) is 0 Å². The van der Waals surface area contributed by atoms with E-state index in [0.29, 0.717) is 29.3 Å². The first-order valence-electron chi connectivity index (χ1n) is 7.19. The number of nitrogens with zero attached hydrogens (tertiary/aromatic N) is 3. The minimum Gasteiger partial charge on any atom is -0.264 e. The van der Waals surface area contributed by atoms with Crippen LogP contribution in [0.3, 0.4) is 0 Å². The Kier molecular flexibility index (Phi) is 3.48. The minimum absolute atomic E-state index is 0.00252. The van der Waals surface area contributed by atoms with Crippen LogP contribution in [-0.4, -0.2) is 20.4 Å². The molecule has 0 radical (unpaired) electrons. The Morgan fingerprint density at radius 1 is 1.09 bits per heavy atom. The van der Waals surface area contributed by atoms with Gasteiger partial charge in [-0.3, -0.25) is 25.2 Å². The van der Waals surface area contributed by atoms with Crippen LogP contribution in [0, 0.1) is 20.2 Å². The molecule has 0 N–H and O–H groups in total. The summed E-state index contributed by atoms with van der Waals surface area (Å²) in [6.07, 6.45) is 4.46. The van der Waals surface area contributed by atoms with E-state index < -0.39 is 10.5 Å². The Balaban J connectivity index is 2.10. The van der Waals surface area contributed by atoms with Gasteiger partial charge >= 0.3 is 0 Å². The van der Waals surface area contributed by atoms with Gasteiger partial charge in [0.2, 0.25) is 5.54 Å². The molecule has 0 spiro atoms. The van der Waals surface area contributed by atoms with Crippen LogP contribution in [0.15, 0.2) is 30.5 Å². The molecule has 0 unspecified atom stereocenters. The standard InChI is InChI=1S/C15H15N3O4/c19-17(20)14-5-3-4-11-12(14)6-9-16-13(11)10-15(18(21)22)7-1-2-8-15/h3-6,9H,1-2,7-8,10H2.